The van der Waals surface area contributed by atoms with E-state index < -0.39 is 23.3 Å². The smallest absolute Gasteiger partial charge is 0.293 e. The van der Waals surface area contributed by atoms with E-state index in [1.165, 1.54) is 6.92 Å². The van der Waals surface area contributed by atoms with Gasteiger partial charge in [0.05, 0.1) is 11.6 Å². The van der Waals surface area contributed by atoms with Crippen LogP contribution in [0, 0.1) is 5.92 Å². The number of aliphatic imine (C=N–C) groups is 1. The second-order valence-corrected chi connectivity index (χ2v) is 7.51. The Bertz CT molecular complexity index is 971. The van der Waals surface area contributed by atoms with Crippen molar-refractivity contribution in [1.82, 2.24) is 0 Å². The fourth-order valence-corrected chi connectivity index (χ4v) is 3.58. The molecule has 0 spiro atoms. The number of anilines is 1. The van der Waals surface area contributed by atoms with Gasteiger partial charge in [0.1, 0.15) is 0 Å². The van der Waals surface area contributed by atoms with E-state index in [2.05, 4.69) is 20.9 Å². The molecule has 0 radical (unpaired) electrons. The van der Waals surface area contributed by atoms with Crippen LogP contribution < -0.4 is 4.90 Å². The summed E-state index contributed by atoms with van der Waals surface area (Å²) in [5, 5.41) is 0. The third kappa shape index (κ3) is 2.88. The number of halogens is 1. The highest BCUT2D eigenvalue weighted by Gasteiger charge is 2.57. The Hall–Kier alpha value is -2.80. The van der Waals surface area contributed by atoms with Crippen LogP contribution in [0.25, 0.3) is 0 Å². The van der Waals surface area contributed by atoms with E-state index in [-0.39, 0.29) is 18.2 Å². The van der Waals surface area contributed by atoms with Crippen molar-refractivity contribution in [1.29, 1.82) is 0 Å². The molecule has 6 nitrogen and oxygen atoms in total. The standard InChI is InChI=1S/C20H15BrN2O4/c1-20(19(26)22-17(27-20)12-5-3-2-4-6-12)15-11-16(24)23(18(15)25)14-9-7-13(21)8-10-14/h2-10,15H,11H2,1H3/t15-,20+/m1/s1. The van der Waals surface area contributed by atoms with Crippen LogP contribution in [-0.2, 0) is 19.1 Å². The molecule has 136 valence electrons. The Morgan fingerprint density at radius 1 is 1.07 bits per heavy atom. The predicted molar refractivity (Wildman–Crippen MR) is 102 cm³/mol. The van der Waals surface area contributed by atoms with Crippen LogP contribution in [-0.4, -0.2) is 29.2 Å². The lowest BCUT2D eigenvalue weighted by Crippen LogP contribution is -2.46. The second kappa shape index (κ2) is 6.42. The lowest BCUT2D eigenvalue weighted by atomic mass is 9.87. The zero-order chi connectivity index (χ0) is 19.2. The molecule has 2 aromatic rings. The SMILES string of the molecule is C[C@@]1([C@@H]2CC(=O)N(c3ccc(Br)cc3)C2=O)OC(c2ccccc2)=NC1=O. The molecule has 0 N–H and O–H groups in total. The Labute approximate surface area is 164 Å². The maximum absolute atomic E-state index is 13.0. The van der Waals surface area contributed by atoms with Crippen molar-refractivity contribution in [2.75, 3.05) is 4.90 Å². The summed E-state index contributed by atoms with van der Waals surface area (Å²) in [6.07, 6.45) is -0.102. The molecule has 7 heteroatoms. The number of ether oxygens (including phenoxy) is 1. The first-order valence-corrected chi connectivity index (χ1v) is 9.19. The highest BCUT2D eigenvalue weighted by molar-refractivity contribution is 9.10. The van der Waals surface area contributed by atoms with E-state index in [0.29, 0.717) is 11.3 Å². The summed E-state index contributed by atoms with van der Waals surface area (Å²) in [5.41, 5.74) is -0.382. The van der Waals surface area contributed by atoms with E-state index in [0.717, 1.165) is 9.37 Å². The molecule has 1 saturated heterocycles. The van der Waals surface area contributed by atoms with E-state index in [1.54, 1.807) is 48.5 Å². The van der Waals surface area contributed by atoms with Crippen molar-refractivity contribution in [3.8, 4) is 0 Å². The molecule has 2 aliphatic rings. The molecular weight excluding hydrogens is 412 g/mol. The van der Waals surface area contributed by atoms with Crippen molar-refractivity contribution in [2.24, 2.45) is 10.9 Å². The van der Waals surface area contributed by atoms with Crippen LogP contribution >= 0.6 is 15.9 Å². The molecule has 0 saturated carbocycles. The van der Waals surface area contributed by atoms with Crippen molar-refractivity contribution in [2.45, 2.75) is 18.9 Å². The number of carbonyl (C=O) groups is 3. The first-order chi connectivity index (χ1) is 12.9. The summed E-state index contributed by atoms with van der Waals surface area (Å²) in [6, 6.07) is 15.8. The number of nitrogens with zero attached hydrogens (tertiary/aromatic N) is 2. The van der Waals surface area contributed by atoms with Crippen LogP contribution in [0.5, 0.6) is 0 Å². The zero-order valence-electron chi connectivity index (χ0n) is 14.4. The summed E-state index contributed by atoms with van der Waals surface area (Å²) in [4.78, 5) is 43.2. The predicted octanol–water partition coefficient (Wildman–Crippen LogP) is 3.09. The summed E-state index contributed by atoms with van der Waals surface area (Å²) in [5.74, 6) is -2.12. The van der Waals surface area contributed by atoms with Crippen LogP contribution in [0.2, 0.25) is 0 Å². The summed E-state index contributed by atoms with van der Waals surface area (Å²) in [6.45, 7) is 1.52. The highest BCUT2D eigenvalue weighted by atomic mass is 79.9. The second-order valence-electron chi connectivity index (χ2n) is 6.60. The molecule has 0 aromatic heterocycles. The van der Waals surface area contributed by atoms with Crippen molar-refractivity contribution in [3.05, 3.63) is 64.6 Å². The number of carbonyl (C=O) groups excluding carboxylic acids is 3. The molecule has 2 atom stereocenters. The van der Waals surface area contributed by atoms with Gasteiger partial charge < -0.3 is 4.74 Å². The summed E-state index contributed by atoms with van der Waals surface area (Å²) in [7, 11) is 0. The van der Waals surface area contributed by atoms with Gasteiger partial charge in [0, 0.05) is 16.5 Å². The lowest BCUT2D eigenvalue weighted by Gasteiger charge is -2.26. The van der Waals surface area contributed by atoms with Gasteiger partial charge in [-0.05, 0) is 43.3 Å². The Balaban J connectivity index is 1.62. The first kappa shape index (κ1) is 17.6. The van der Waals surface area contributed by atoms with E-state index in [9.17, 15) is 14.4 Å². The third-order valence-corrected chi connectivity index (χ3v) is 5.38. The van der Waals surface area contributed by atoms with E-state index >= 15 is 0 Å². The topological polar surface area (TPSA) is 76.0 Å². The van der Waals surface area contributed by atoms with Crippen LogP contribution in [0.15, 0.2) is 64.1 Å². The zero-order valence-corrected chi connectivity index (χ0v) is 16.0. The largest absolute Gasteiger partial charge is 0.460 e. The van der Waals surface area contributed by atoms with Gasteiger partial charge in [-0.15, -0.1) is 0 Å². The number of hydrogen-bond donors (Lipinski definition) is 0. The van der Waals surface area contributed by atoms with Gasteiger partial charge in [-0.25, -0.2) is 0 Å². The molecular formula is C20H15BrN2O4. The highest BCUT2D eigenvalue weighted by Crippen LogP contribution is 2.39. The maximum Gasteiger partial charge on any atom is 0.293 e. The van der Waals surface area contributed by atoms with Gasteiger partial charge >= 0.3 is 0 Å². The van der Waals surface area contributed by atoms with Crippen molar-refractivity contribution < 1.29 is 19.1 Å². The summed E-state index contributed by atoms with van der Waals surface area (Å²) >= 11 is 3.33. The average Bonchev–Trinajstić information content (AvgIpc) is 3.14. The Morgan fingerprint density at radius 3 is 2.41 bits per heavy atom. The van der Waals surface area contributed by atoms with Crippen LogP contribution in [0.1, 0.15) is 18.9 Å². The van der Waals surface area contributed by atoms with Gasteiger partial charge in [-0.2, -0.15) is 4.99 Å². The molecule has 1 fully saturated rings. The molecule has 4 rings (SSSR count). The maximum atomic E-state index is 13.0. The van der Waals surface area contributed by atoms with Gasteiger partial charge in [0.15, 0.2) is 0 Å². The number of hydrogen-bond acceptors (Lipinski definition) is 4. The third-order valence-electron chi connectivity index (χ3n) is 4.85. The average molecular weight is 427 g/mol. The number of imide groups is 1. The van der Waals surface area contributed by atoms with E-state index in [4.69, 9.17) is 4.74 Å². The van der Waals surface area contributed by atoms with E-state index in [1.807, 2.05) is 6.07 Å². The van der Waals surface area contributed by atoms with Gasteiger partial charge in [-0.3, -0.25) is 19.3 Å². The quantitative estimate of drug-likeness (QED) is 0.706. The molecule has 0 bridgehead atoms. The normalized spacial score (nSPS) is 25.0. The Kier molecular flexibility index (Phi) is 4.19. The van der Waals surface area contributed by atoms with Gasteiger partial charge in [0.2, 0.25) is 23.3 Å². The first-order valence-electron chi connectivity index (χ1n) is 8.40. The molecule has 27 heavy (non-hydrogen) atoms. The van der Waals surface area contributed by atoms with Crippen LogP contribution in [0.3, 0.4) is 0 Å². The molecule has 2 aliphatic heterocycles. The monoisotopic (exact) mass is 426 g/mol. The number of amides is 3. The molecule has 2 aromatic carbocycles. The molecule has 0 aliphatic carbocycles. The molecule has 2 heterocycles. The van der Waals surface area contributed by atoms with Crippen LogP contribution in [0.4, 0.5) is 5.69 Å². The minimum absolute atomic E-state index is 0.102. The Morgan fingerprint density at radius 2 is 1.74 bits per heavy atom. The minimum Gasteiger partial charge on any atom is -0.460 e. The lowest BCUT2D eigenvalue weighted by molar-refractivity contribution is -0.140. The van der Waals surface area contributed by atoms with Gasteiger partial charge in [-0.1, -0.05) is 34.1 Å². The van der Waals surface area contributed by atoms with Crippen molar-refractivity contribution in [3.63, 3.8) is 0 Å². The van der Waals surface area contributed by atoms with Gasteiger partial charge in [0.25, 0.3) is 5.91 Å². The van der Waals surface area contributed by atoms with Crippen molar-refractivity contribution >= 4 is 45.2 Å². The molecule has 0 unspecified atom stereocenters. The fraction of sp³-hybridized carbons (Fsp3) is 0.200. The number of rotatable bonds is 3. The fourth-order valence-electron chi connectivity index (χ4n) is 3.32. The molecule has 3 amide bonds. The summed E-state index contributed by atoms with van der Waals surface area (Å²) < 4.78 is 6.68. The minimum atomic E-state index is -1.50. The number of benzene rings is 2.